The van der Waals surface area contributed by atoms with Crippen LogP contribution in [0.15, 0.2) is 48.5 Å². The average molecular weight is 405 g/mol. The summed E-state index contributed by atoms with van der Waals surface area (Å²) in [6.45, 7) is 5.72. The van der Waals surface area contributed by atoms with Crippen LogP contribution in [0, 0.1) is 11.3 Å². The molecule has 0 radical (unpaired) electrons. The largest absolute Gasteiger partial charge is 0.493 e. The molecule has 1 atom stereocenters. The number of nitriles is 1. The number of rotatable bonds is 5. The highest BCUT2D eigenvalue weighted by Crippen LogP contribution is 2.31. The highest BCUT2D eigenvalue weighted by molar-refractivity contribution is 5.78. The highest BCUT2D eigenvalue weighted by Gasteiger charge is 2.24. The van der Waals surface area contributed by atoms with E-state index in [0.717, 1.165) is 56.9 Å². The van der Waals surface area contributed by atoms with Crippen LogP contribution in [0.2, 0.25) is 0 Å². The molecule has 1 fully saturated rings. The molecule has 0 spiro atoms. The van der Waals surface area contributed by atoms with Crippen LogP contribution in [-0.2, 0) is 11.3 Å². The number of ether oxygens (including phenoxy) is 1. The number of benzene rings is 2. The van der Waals surface area contributed by atoms with Crippen molar-refractivity contribution >= 4 is 5.91 Å². The minimum Gasteiger partial charge on any atom is -0.493 e. The SMILES string of the molecule is N#Cc1ccc(CN2CCCN(CC(=O)NC3CCOc4ccccc43)CC2)cc1. The van der Waals surface area contributed by atoms with Crippen LogP contribution >= 0.6 is 0 Å². The summed E-state index contributed by atoms with van der Waals surface area (Å²) < 4.78 is 5.69. The molecule has 0 saturated carbocycles. The summed E-state index contributed by atoms with van der Waals surface area (Å²) in [6.07, 6.45) is 1.85. The zero-order chi connectivity index (χ0) is 20.8. The van der Waals surface area contributed by atoms with E-state index in [0.29, 0.717) is 18.7 Å². The lowest BCUT2D eigenvalue weighted by molar-refractivity contribution is -0.123. The molecule has 1 N–H and O–H groups in total. The van der Waals surface area contributed by atoms with Gasteiger partial charge in [-0.25, -0.2) is 0 Å². The van der Waals surface area contributed by atoms with Gasteiger partial charge in [-0.05, 0) is 43.3 Å². The predicted octanol–water partition coefficient (Wildman–Crippen LogP) is 2.71. The van der Waals surface area contributed by atoms with Crippen LogP contribution in [-0.4, -0.2) is 55.0 Å². The van der Waals surface area contributed by atoms with Crippen LogP contribution in [0.4, 0.5) is 0 Å². The Kier molecular flexibility index (Phi) is 6.63. The van der Waals surface area contributed by atoms with Gasteiger partial charge in [0.2, 0.25) is 5.91 Å². The van der Waals surface area contributed by atoms with Crippen LogP contribution < -0.4 is 10.1 Å². The third-order valence-corrected chi connectivity index (χ3v) is 5.83. The van der Waals surface area contributed by atoms with Crippen LogP contribution in [0.5, 0.6) is 5.75 Å². The normalized spacial score (nSPS) is 19.8. The maximum absolute atomic E-state index is 12.7. The zero-order valence-corrected chi connectivity index (χ0v) is 17.2. The van der Waals surface area contributed by atoms with E-state index < -0.39 is 0 Å². The van der Waals surface area contributed by atoms with Crippen LogP contribution in [0.25, 0.3) is 0 Å². The Morgan fingerprint density at radius 2 is 1.83 bits per heavy atom. The van der Waals surface area contributed by atoms with Gasteiger partial charge < -0.3 is 10.1 Å². The fourth-order valence-corrected chi connectivity index (χ4v) is 4.22. The van der Waals surface area contributed by atoms with E-state index in [4.69, 9.17) is 10.00 Å². The highest BCUT2D eigenvalue weighted by atomic mass is 16.5. The van der Waals surface area contributed by atoms with Gasteiger partial charge in [-0.2, -0.15) is 5.26 Å². The van der Waals surface area contributed by atoms with E-state index >= 15 is 0 Å². The summed E-state index contributed by atoms with van der Waals surface area (Å²) in [6, 6.07) is 17.9. The fourth-order valence-electron chi connectivity index (χ4n) is 4.22. The second-order valence-corrected chi connectivity index (χ2v) is 8.01. The number of carbonyl (C=O) groups is 1. The Balaban J connectivity index is 1.27. The Morgan fingerprint density at radius 1 is 1.07 bits per heavy atom. The van der Waals surface area contributed by atoms with Crippen molar-refractivity contribution in [2.45, 2.75) is 25.4 Å². The summed E-state index contributed by atoms with van der Waals surface area (Å²) in [5.74, 6) is 0.958. The molecular weight excluding hydrogens is 376 g/mol. The molecule has 1 amide bonds. The van der Waals surface area contributed by atoms with Crippen molar-refractivity contribution in [3.8, 4) is 11.8 Å². The molecule has 1 saturated heterocycles. The van der Waals surface area contributed by atoms with Gasteiger partial charge in [-0.1, -0.05) is 30.3 Å². The lowest BCUT2D eigenvalue weighted by Gasteiger charge is -2.28. The van der Waals surface area contributed by atoms with E-state index in [1.807, 2.05) is 48.5 Å². The summed E-state index contributed by atoms with van der Waals surface area (Å²) in [4.78, 5) is 17.4. The van der Waals surface area contributed by atoms with Crippen molar-refractivity contribution in [1.29, 1.82) is 5.26 Å². The van der Waals surface area contributed by atoms with Gasteiger partial charge in [0.25, 0.3) is 0 Å². The number of fused-ring (bicyclic) bond motifs is 1. The second kappa shape index (κ2) is 9.75. The van der Waals surface area contributed by atoms with Gasteiger partial charge in [0.15, 0.2) is 0 Å². The van der Waals surface area contributed by atoms with Crippen molar-refractivity contribution in [1.82, 2.24) is 15.1 Å². The van der Waals surface area contributed by atoms with Crippen molar-refractivity contribution < 1.29 is 9.53 Å². The number of para-hydroxylation sites is 1. The third kappa shape index (κ3) is 5.18. The van der Waals surface area contributed by atoms with Crippen molar-refractivity contribution in [2.75, 3.05) is 39.3 Å². The number of carbonyl (C=O) groups excluding carboxylic acids is 1. The van der Waals surface area contributed by atoms with E-state index in [-0.39, 0.29) is 11.9 Å². The van der Waals surface area contributed by atoms with E-state index in [1.54, 1.807) is 0 Å². The first kappa shape index (κ1) is 20.4. The van der Waals surface area contributed by atoms with E-state index in [9.17, 15) is 4.79 Å². The Bertz CT molecular complexity index is 906. The summed E-state index contributed by atoms with van der Waals surface area (Å²) >= 11 is 0. The average Bonchev–Trinajstić information content (AvgIpc) is 2.99. The number of nitrogens with zero attached hydrogens (tertiary/aromatic N) is 3. The van der Waals surface area contributed by atoms with Gasteiger partial charge in [0.1, 0.15) is 5.75 Å². The van der Waals surface area contributed by atoms with Gasteiger partial charge >= 0.3 is 0 Å². The first-order valence-corrected chi connectivity index (χ1v) is 10.7. The van der Waals surface area contributed by atoms with Crippen molar-refractivity contribution in [3.05, 3.63) is 65.2 Å². The molecule has 2 aromatic carbocycles. The molecule has 6 nitrogen and oxygen atoms in total. The molecule has 0 aromatic heterocycles. The number of hydrogen-bond acceptors (Lipinski definition) is 5. The second-order valence-electron chi connectivity index (χ2n) is 8.01. The maximum Gasteiger partial charge on any atom is 0.234 e. The minimum atomic E-state index is 0.0299. The van der Waals surface area contributed by atoms with Gasteiger partial charge in [-0.15, -0.1) is 0 Å². The predicted molar refractivity (Wildman–Crippen MR) is 115 cm³/mol. The quantitative estimate of drug-likeness (QED) is 0.830. The zero-order valence-electron chi connectivity index (χ0n) is 17.2. The lowest BCUT2D eigenvalue weighted by Crippen LogP contribution is -2.41. The van der Waals surface area contributed by atoms with Crippen LogP contribution in [0.3, 0.4) is 0 Å². The topological polar surface area (TPSA) is 68.6 Å². The Labute approximate surface area is 178 Å². The summed E-state index contributed by atoms with van der Waals surface area (Å²) in [5.41, 5.74) is 2.99. The summed E-state index contributed by atoms with van der Waals surface area (Å²) in [5, 5.41) is 12.1. The molecule has 2 heterocycles. The molecule has 1 unspecified atom stereocenters. The van der Waals surface area contributed by atoms with Crippen molar-refractivity contribution in [3.63, 3.8) is 0 Å². The minimum absolute atomic E-state index is 0.0299. The smallest absolute Gasteiger partial charge is 0.234 e. The molecule has 6 heteroatoms. The maximum atomic E-state index is 12.7. The molecule has 2 aromatic rings. The van der Waals surface area contributed by atoms with Crippen LogP contribution in [0.1, 0.15) is 35.6 Å². The fraction of sp³-hybridized carbons (Fsp3) is 0.417. The van der Waals surface area contributed by atoms with Gasteiger partial charge in [0, 0.05) is 31.6 Å². The third-order valence-electron chi connectivity index (χ3n) is 5.83. The molecule has 0 bridgehead atoms. The van der Waals surface area contributed by atoms with Gasteiger partial charge in [-0.3, -0.25) is 14.6 Å². The van der Waals surface area contributed by atoms with Gasteiger partial charge in [0.05, 0.1) is 30.8 Å². The van der Waals surface area contributed by atoms with Crippen molar-refractivity contribution in [2.24, 2.45) is 0 Å². The first-order valence-electron chi connectivity index (χ1n) is 10.7. The Morgan fingerprint density at radius 3 is 2.67 bits per heavy atom. The molecule has 30 heavy (non-hydrogen) atoms. The monoisotopic (exact) mass is 404 g/mol. The molecule has 2 aliphatic rings. The number of nitrogens with one attached hydrogen (secondary N) is 1. The molecule has 156 valence electrons. The molecule has 2 aliphatic heterocycles. The Hall–Kier alpha value is -2.88. The molecule has 4 rings (SSSR count). The summed E-state index contributed by atoms with van der Waals surface area (Å²) in [7, 11) is 0. The lowest BCUT2D eigenvalue weighted by atomic mass is 10.0. The standard InChI is InChI=1S/C24H28N4O2/c25-16-19-6-8-20(9-7-19)17-27-11-3-12-28(14-13-27)18-24(29)26-22-10-15-30-23-5-2-1-4-21(22)23/h1-2,4-9,22H,3,10-15,17-18H2,(H,26,29). The van der Waals surface area contributed by atoms with E-state index in [1.165, 1.54) is 5.56 Å². The first-order chi connectivity index (χ1) is 14.7. The van der Waals surface area contributed by atoms with E-state index in [2.05, 4.69) is 21.2 Å². The molecular formula is C24H28N4O2. The number of amides is 1. The number of hydrogen-bond donors (Lipinski definition) is 1. The molecule has 0 aliphatic carbocycles.